The molecule has 0 saturated heterocycles. The minimum absolute atomic E-state index is 0.0417. The van der Waals surface area contributed by atoms with Gasteiger partial charge in [-0.25, -0.2) is 0 Å². The Morgan fingerprint density at radius 2 is 1.75 bits per heavy atom. The van der Waals surface area contributed by atoms with Crippen molar-refractivity contribution in [3.63, 3.8) is 0 Å². The van der Waals surface area contributed by atoms with Gasteiger partial charge in [-0.1, -0.05) is 0 Å². The topological polar surface area (TPSA) is 9.23 Å². The second-order valence-electron chi connectivity index (χ2n) is 2.86. The number of hydrogen-bond donors (Lipinski definition) is 0. The molecule has 0 heterocycles. The fourth-order valence-electron chi connectivity index (χ4n) is 0.118. The van der Waals surface area contributed by atoms with Crippen molar-refractivity contribution < 1.29 is 24.1 Å². The summed E-state index contributed by atoms with van der Waals surface area (Å²) in [5.41, 5.74) is 0.0417. The summed E-state index contributed by atoms with van der Waals surface area (Å²) in [5, 5.41) is 0. The zero-order chi connectivity index (χ0) is 6.78. The van der Waals surface area contributed by atoms with Crippen molar-refractivity contribution >= 4 is 0 Å². The van der Waals surface area contributed by atoms with Gasteiger partial charge in [-0.3, -0.25) is 0 Å². The van der Waals surface area contributed by atoms with Gasteiger partial charge in [-0.05, 0) is 0 Å². The van der Waals surface area contributed by atoms with E-state index >= 15 is 0 Å². The molecule has 0 unspecified atom stereocenters. The van der Waals surface area contributed by atoms with E-state index < -0.39 is 0 Å². The van der Waals surface area contributed by atoms with Gasteiger partial charge in [0.05, 0.1) is 0 Å². The molecule has 0 amide bonds. The molecule has 0 spiro atoms. The minimum atomic E-state index is 0.0417. The van der Waals surface area contributed by atoms with Crippen LogP contribution in [0.2, 0.25) is 0 Å². The molecule has 0 radical (unpaired) electrons. The van der Waals surface area contributed by atoms with E-state index in [1.54, 1.807) is 20.8 Å². The zero-order valence-electron chi connectivity index (χ0n) is 5.99. The normalized spacial score (nSPS) is 12.5. The fourth-order valence-corrected chi connectivity index (χ4v) is 0.486. The van der Waals surface area contributed by atoms with Crippen LogP contribution in [0.15, 0.2) is 0 Å². The molecule has 0 rings (SSSR count). The maximum absolute atomic E-state index is 5.20. The van der Waals surface area contributed by atoms with Crippen molar-refractivity contribution in [2.24, 2.45) is 5.92 Å². The van der Waals surface area contributed by atoms with E-state index in [0.29, 0.717) is 5.92 Å². The molecule has 8 heavy (non-hydrogen) atoms. The van der Waals surface area contributed by atoms with E-state index in [9.17, 15) is 0 Å². The van der Waals surface area contributed by atoms with E-state index in [1.807, 2.05) is 0 Å². The molecule has 47 valence electrons. The summed E-state index contributed by atoms with van der Waals surface area (Å²) in [5.74, 6) is 0.590. The summed E-state index contributed by atoms with van der Waals surface area (Å²) < 4.78 is 5.20. The molecule has 0 saturated carbocycles. The van der Waals surface area contributed by atoms with Gasteiger partial charge in [-0.15, -0.1) is 0 Å². The summed E-state index contributed by atoms with van der Waals surface area (Å²) in [6, 6.07) is 0. The van der Waals surface area contributed by atoms with Crippen LogP contribution in [-0.4, -0.2) is 5.60 Å². The fraction of sp³-hybridized carbons (Fsp3) is 1.00. The summed E-state index contributed by atoms with van der Waals surface area (Å²) in [4.78, 5) is 0. The van der Waals surface area contributed by atoms with E-state index in [2.05, 4.69) is 27.7 Å². The van der Waals surface area contributed by atoms with Crippen LogP contribution in [0.5, 0.6) is 0 Å². The molecule has 0 aliphatic carbocycles. The third-order valence-electron chi connectivity index (χ3n) is 1.65. The quantitative estimate of drug-likeness (QED) is 0.545. The Balaban J connectivity index is 3.71. The van der Waals surface area contributed by atoms with Gasteiger partial charge in [0.2, 0.25) is 0 Å². The summed E-state index contributed by atoms with van der Waals surface area (Å²) in [6.45, 7) is 8.50. The standard InChI is InChI=1S/C6H13O.Ti/c1-5(2)6(3,4)7;/h5H,1-4H3;/q-1;+1. The van der Waals surface area contributed by atoms with E-state index in [-0.39, 0.29) is 5.60 Å². The summed E-state index contributed by atoms with van der Waals surface area (Å²) in [7, 11) is 0. The van der Waals surface area contributed by atoms with Crippen molar-refractivity contribution in [1.82, 2.24) is 0 Å². The molecule has 1 nitrogen and oxygen atoms in total. The Morgan fingerprint density at radius 3 is 1.75 bits per heavy atom. The molecule has 0 N–H and O–H groups in total. The van der Waals surface area contributed by atoms with Crippen molar-refractivity contribution in [2.45, 2.75) is 33.3 Å². The van der Waals surface area contributed by atoms with E-state index in [1.165, 1.54) is 0 Å². The molecule has 0 aliphatic rings. The molecule has 0 aliphatic heterocycles. The molecule has 0 fully saturated rings. The van der Waals surface area contributed by atoms with Gasteiger partial charge >= 0.3 is 63.4 Å². The van der Waals surface area contributed by atoms with Gasteiger partial charge in [0, 0.05) is 0 Å². The second-order valence-corrected chi connectivity index (χ2v) is 3.18. The molecule has 0 aromatic rings. The van der Waals surface area contributed by atoms with Gasteiger partial charge in [0.15, 0.2) is 0 Å². The predicted molar refractivity (Wildman–Crippen MR) is 30.0 cm³/mol. The maximum atomic E-state index is 5.20. The first kappa shape index (κ1) is 8.67. The van der Waals surface area contributed by atoms with Crippen LogP contribution in [0.1, 0.15) is 27.7 Å². The molecule has 0 bridgehead atoms. The first-order valence-corrected chi connectivity index (χ1v) is 3.49. The Bertz CT molecular complexity index is 68.9. The van der Waals surface area contributed by atoms with Crippen LogP contribution in [-0.2, 0) is 24.1 Å². The monoisotopic (exact) mass is 149 g/mol. The van der Waals surface area contributed by atoms with E-state index in [4.69, 9.17) is 3.32 Å². The third-order valence-corrected chi connectivity index (χ3v) is 2.47. The molecule has 0 aromatic carbocycles. The molecule has 0 atom stereocenters. The summed E-state index contributed by atoms with van der Waals surface area (Å²) in [6.07, 6.45) is 0. The average molecular weight is 149 g/mol. The van der Waals surface area contributed by atoms with Crippen LogP contribution >= 0.6 is 0 Å². The summed E-state index contributed by atoms with van der Waals surface area (Å²) >= 11 is 1.75. The van der Waals surface area contributed by atoms with Crippen LogP contribution < -0.4 is 0 Å². The van der Waals surface area contributed by atoms with Gasteiger partial charge in [0.25, 0.3) is 0 Å². The Kier molecular flexibility index (Phi) is 3.25. The Hall–Kier alpha value is 0.674. The van der Waals surface area contributed by atoms with Gasteiger partial charge in [0.1, 0.15) is 0 Å². The van der Waals surface area contributed by atoms with Crippen molar-refractivity contribution in [3.05, 3.63) is 0 Å². The first-order chi connectivity index (χ1) is 3.50. The van der Waals surface area contributed by atoms with Crippen LogP contribution in [0.4, 0.5) is 0 Å². The zero-order valence-corrected chi connectivity index (χ0v) is 7.55. The number of hydrogen-bond acceptors (Lipinski definition) is 1. The molecular formula is C6H13OTi. The van der Waals surface area contributed by atoms with Gasteiger partial charge < -0.3 is 0 Å². The SMILES string of the molecule is CC(C)C(C)(C)[O][Ti]. The first-order valence-electron chi connectivity index (χ1n) is 2.85. The van der Waals surface area contributed by atoms with Crippen LogP contribution in [0.3, 0.4) is 0 Å². The van der Waals surface area contributed by atoms with E-state index in [0.717, 1.165) is 0 Å². The molecule has 0 aromatic heterocycles. The van der Waals surface area contributed by atoms with Crippen molar-refractivity contribution in [2.75, 3.05) is 0 Å². The third kappa shape index (κ3) is 2.30. The van der Waals surface area contributed by atoms with Crippen LogP contribution in [0.25, 0.3) is 0 Å². The Morgan fingerprint density at radius 1 is 1.38 bits per heavy atom. The molecule has 2 heteroatoms. The molecular weight excluding hydrogens is 136 g/mol. The van der Waals surface area contributed by atoms with Crippen molar-refractivity contribution in [3.8, 4) is 0 Å². The second kappa shape index (κ2) is 3.00. The Labute approximate surface area is 63.7 Å². The predicted octanol–water partition coefficient (Wildman–Crippen LogP) is 1.90. The van der Waals surface area contributed by atoms with Gasteiger partial charge in [-0.2, -0.15) is 0 Å². The van der Waals surface area contributed by atoms with Crippen molar-refractivity contribution in [1.29, 1.82) is 0 Å². The number of rotatable bonds is 2. The van der Waals surface area contributed by atoms with Crippen LogP contribution in [0, 0.1) is 5.92 Å². The average Bonchev–Trinajstić information content (AvgIpc) is 1.67.